The fraction of sp³-hybridized carbons (Fsp3) is 0.348. The van der Waals surface area contributed by atoms with Gasteiger partial charge in [-0.3, -0.25) is 0 Å². The van der Waals surface area contributed by atoms with Crippen molar-refractivity contribution in [2.24, 2.45) is 0 Å². The van der Waals surface area contributed by atoms with Gasteiger partial charge in [0, 0.05) is 12.1 Å². The van der Waals surface area contributed by atoms with Crippen LogP contribution >= 0.6 is 12.4 Å². The molecule has 0 aliphatic carbocycles. The summed E-state index contributed by atoms with van der Waals surface area (Å²) in [5.41, 5.74) is 9.28. The fourth-order valence-corrected chi connectivity index (χ4v) is 3.58. The Bertz CT molecular complexity index is 823. The highest BCUT2D eigenvalue weighted by molar-refractivity contribution is 5.85. The van der Waals surface area contributed by atoms with E-state index >= 15 is 0 Å². The smallest absolute Gasteiger partial charge is 0.0955 e. The van der Waals surface area contributed by atoms with Gasteiger partial charge in [0.25, 0.3) is 0 Å². The van der Waals surface area contributed by atoms with E-state index < -0.39 is 0 Å². The molecular weight excluding hydrogens is 340 g/mol. The summed E-state index contributed by atoms with van der Waals surface area (Å²) >= 11 is 0. The summed E-state index contributed by atoms with van der Waals surface area (Å²) in [5, 5.41) is 0. The standard InChI is InChI=1S/C23H28N2.ClH/c1-15-9-7-11-21(17(15)3)19(5)23-13-25(14-24-23)20(6)22-12-8-10-16(2)18(22)4;/h7-14,19-20H,1-6H3;1H. The Balaban J connectivity index is 0.00000243. The van der Waals surface area contributed by atoms with E-state index in [4.69, 9.17) is 4.98 Å². The lowest BCUT2D eigenvalue weighted by molar-refractivity contribution is 0.633. The first-order chi connectivity index (χ1) is 11.9. The number of aromatic nitrogens is 2. The molecule has 2 nitrogen and oxygen atoms in total. The van der Waals surface area contributed by atoms with Gasteiger partial charge in [0.15, 0.2) is 0 Å². The van der Waals surface area contributed by atoms with E-state index in [1.54, 1.807) is 0 Å². The third-order valence-electron chi connectivity index (χ3n) is 5.72. The zero-order valence-corrected chi connectivity index (χ0v) is 17.4. The second kappa shape index (κ2) is 8.09. The molecule has 2 atom stereocenters. The molecule has 0 fully saturated rings. The van der Waals surface area contributed by atoms with Crippen molar-refractivity contribution in [1.82, 2.24) is 9.55 Å². The van der Waals surface area contributed by atoms with Crippen molar-refractivity contribution in [2.45, 2.75) is 53.5 Å². The summed E-state index contributed by atoms with van der Waals surface area (Å²) < 4.78 is 2.23. The van der Waals surface area contributed by atoms with E-state index in [0.717, 1.165) is 5.69 Å². The molecule has 0 aliphatic heterocycles. The van der Waals surface area contributed by atoms with Gasteiger partial charge in [-0.15, -0.1) is 12.4 Å². The molecule has 2 aromatic carbocycles. The molecule has 0 N–H and O–H groups in total. The first kappa shape index (κ1) is 20.3. The monoisotopic (exact) mass is 368 g/mol. The lowest BCUT2D eigenvalue weighted by Gasteiger charge is -2.18. The number of rotatable bonds is 4. The number of imidazole rings is 1. The number of aryl methyl sites for hydroxylation is 2. The van der Waals surface area contributed by atoms with Crippen LogP contribution in [0.1, 0.15) is 64.9 Å². The Kier molecular flexibility index (Phi) is 6.30. The van der Waals surface area contributed by atoms with Crippen LogP contribution in [0.25, 0.3) is 0 Å². The van der Waals surface area contributed by atoms with Gasteiger partial charge in [-0.25, -0.2) is 4.98 Å². The van der Waals surface area contributed by atoms with Crippen LogP contribution in [0, 0.1) is 27.7 Å². The fourth-order valence-electron chi connectivity index (χ4n) is 3.58. The Hall–Kier alpha value is -2.06. The molecule has 138 valence electrons. The van der Waals surface area contributed by atoms with E-state index in [2.05, 4.69) is 88.7 Å². The summed E-state index contributed by atoms with van der Waals surface area (Å²) in [6, 6.07) is 13.4. The number of benzene rings is 2. The first-order valence-electron chi connectivity index (χ1n) is 9.05. The van der Waals surface area contributed by atoms with Crippen LogP contribution in [0.15, 0.2) is 48.9 Å². The van der Waals surface area contributed by atoms with Crippen LogP contribution in [0.5, 0.6) is 0 Å². The van der Waals surface area contributed by atoms with Gasteiger partial charge in [0.05, 0.1) is 18.1 Å². The molecule has 1 aromatic heterocycles. The average Bonchev–Trinajstić information content (AvgIpc) is 3.09. The number of nitrogens with zero attached hydrogens (tertiary/aromatic N) is 2. The molecule has 0 spiro atoms. The minimum absolute atomic E-state index is 0. The highest BCUT2D eigenvalue weighted by atomic mass is 35.5. The normalized spacial score (nSPS) is 13.2. The van der Waals surface area contributed by atoms with Crippen molar-refractivity contribution in [3.63, 3.8) is 0 Å². The maximum atomic E-state index is 4.72. The third-order valence-corrected chi connectivity index (χ3v) is 5.72. The molecular formula is C23H29ClN2. The molecule has 0 amide bonds. The summed E-state index contributed by atoms with van der Waals surface area (Å²) in [6.45, 7) is 13.3. The second-order valence-corrected chi connectivity index (χ2v) is 7.22. The minimum Gasteiger partial charge on any atom is -0.330 e. The molecule has 0 saturated heterocycles. The van der Waals surface area contributed by atoms with Gasteiger partial charge >= 0.3 is 0 Å². The average molecular weight is 369 g/mol. The Labute approximate surface area is 163 Å². The molecule has 3 aromatic rings. The third kappa shape index (κ3) is 3.71. The van der Waals surface area contributed by atoms with E-state index in [-0.39, 0.29) is 18.4 Å². The van der Waals surface area contributed by atoms with Gasteiger partial charge in [-0.05, 0) is 68.0 Å². The number of hydrogen-bond donors (Lipinski definition) is 0. The second-order valence-electron chi connectivity index (χ2n) is 7.22. The zero-order valence-electron chi connectivity index (χ0n) is 16.6. The largest absolute Gasteiger partial charge is 0.330 e. The summed E-state index contributed by atoms with van der Waals surface area (Å²) in [4.78, 5) is 4.72. The molecule has 3 heteroatoms. The van der Waals surface area contributed by atoms with Gasteiger partial charge in [0.1, 0.15) is 0 Å². The molecule has 0 saturated carbocycles. The minimum atomic E-state index is 0. The van der Waals surface area contributed by atoms with Crippen molar-refractivity contribution >= 4 is 12.4 Å². The van der Waals surface area contributed by atoms with Gasteiger partial charge in [-0.2, -0.15) is 0 Å². The summed E-state index contributed by atoms with van der Waals surface area (Å²) in [7, 11) is 0. The van der Waals surface area contributed by atoms with Gasteiger partial charge < -0.3 is 4.57 Å². The molecule has 2 unspecified atom stereocenters. The van der Waals surface area contributed by atoms with Gasteiger partial charge in [-0.1, -0.05) is 43.3 Å². The van der Waals surface area contributed by atoms with E-state index in [1.807, 2.05) is 6.33 Å². The molecule has 3 rings (SSSR count). The van der Waals surface area contributed by atoms with Crippen LogP contribution in [0.2, 0.25) is 0 Å². The SMILES string of the molecule is Cc1cccc(C(C)c2cn(C(C)c3cccc(C)c3C)cn2)c1C.Cl. The van der Waals surface area contributed by atoms with Crippen LogP contribution in [0.3, 0.4) is 0 Å². The summed E-state index contributed by atoms with van der Waals surface area (Å²) in [6.07, 6.45) is 4.18. The van der Waals surface area contributed by atoms with Crippen molar-refractivity contribution in [3.8, 4) is 0 Å². The highest BCUT2D eigenvalue weighted by Crippen LogP contribution is 2.29. The van der Waals surface area contributed by atoms with Gasteiger partial charge in [0.2, 0.25) is 0 Å². The van der Waals surface area contributed by atoms with E-state index in [9.17, 15) is 0 Å². The van der Waals surface area contributed by atoms with Crippen molar-refractivity contribution in [1.29, 1.82) is 0 Å². The van der Waals surface area contributed by atoms with Crippen molar-refractivity contribution < 1.29 is 0 Å². The maximum absolute atomic E-state index is 4.72. The topological polar surface area (TPSA) is 17.8 Å². The zero-order chi connectivity index (χ0) is 18.1. The Morgan fingerprint density at radius 3 is 1.96 bits per heavy atom. The van der Waals surface area contributed by atoms with Crippen LogP contribution < -0.4 is 0 Å². The Morgan fingerprint density at radius 1 is 0.808 bits per heavy atom. The Morgan fingerprint density at radius 2 is 1.35 bits per heavy atom. The van der Waals surface area contributed by atoms with Crippen molar-refractivity contribution in [2.75, 3.05) is 0 Å². The molecule has 26 heavy (non-hydrogen) atoms. The lowest BCUT2D eigenvalue weighted by atomic mass is 9.92. The van der Waals surface area contributed by atoms with Crippen LogP contribution in [-0.4, -0.2) is 9.55 Å². The molecule has 0 aliphatic rings. The number of halogens is 1. The molecule has 0 radical (unpaired) electrons. The highest BCUT2D eigenvalue weighted by Gasteiger charge is 2.17. The molecule has 0 bridgehead atoms. The van der Waals surface area contributed by atoms with Crippen LogP contribution in [0.4, 0.5) is 0 Å². The van der Waals surface area contributed by atoms with E-state index in [0.29, 0.717) is 5.92 Å². The first-order valence-corrected chi connectivity index (χ1v) is 9.05. The maximum Gasteiger partial charge on any atom is 0.0955 e. The summed E-state index contributed by atoms with van der Waals surface area (Å²) in [5.74, 6) is 0.298. The van der Waals surface area contributed by atoms with E-state index in [1.165, 1.54) is 33.4 Å². The predicted molar refractivity (Wildman–Crippen MR) is 113 cm³/mol. The molecule has 1 heterocycles. The quantitative estimate of drug-likeness (QED) is 0.528. The lowest BCUT2D eigenvalue weighted by Crippen LogP contribution is -2.07. The predicted octanol–water partition coefficient (Wildman–Crippen LogP) is 6.30. The number of hydrogen-bond acceptors (Lipinski definition) is 1. The van der Waals surface area contributed by atoms with Crippen molar-refractivity contribution in [3.05, 3.63) is 88.0 Å². The van der Waals surface area contributed by atoms with Crippen LogP contribution in [-0.2, 0) is 0 Å².